The third-order valence-corrected chi connectivity index (χ3v) is 4.60. The van der Waals surface area contributed by atoms with Crippen LogP contribution in [0.15, 0.2) is 42.9 Å². The number of hydrogen-bond acceptors (Lipinski definition) is 5. The molecule has 1 fully saturated rings. The average molecular weight is 331 g/mol. The van der Waals surface area contributed by atoms with Crippen LogP contribution in [-0.4, -0.2) is 29.9 Å². The number of hydrogen-bond donors (Lipinski definition) is 2. The second-order valence-corrected chi connectivity index (χ2v) is 6.38. The fourth-order valence-corrected chi connectivity index (χ4v) is 3.20. The lowest BCUT2D eigenvalue weighted by atomic mass is 10.0. The van der Waals surface area contributed by atoms with Gasteiger partial charge in [0.15, 0.2) is 5.82 Å². The molecule has 0 radical (unpaired) electrons. The van der Waals surface area contributed by atoms with Crippen molar-refractivity contribution in [2.75, 3.05) is 5.32 Å². The van der Waals surface area contributed by atoms with E-state index in [1.807, 2.05) is 25.4 Å². The molecule has 2 N–H and O–H groups in total. The van der Waals surface area contributed by atoms with Crippen LogP contribution in [0.25, 0.3) is 22.3 Å². The summed E-state index contributed by atoms with van der Waals surface area (Å²) >= 11 is 0. The summed E-state index contributed by atoms with van der Waals surface area (Å²) in [6, 6.07) is 7.96. The summed E-state index contributed by atoms with van der Waals surface area (Å²) in [5.74, 6) is 2.00. The van der Waals surface area contributed by atoms with E-state index in [9.17, 15) is 0 Å². The van der Waals surface area contributed by atoms with Crippen LogP contribution in [0, 0.1) is 0 Å². The standard InChI is InChI=1S/C18H17N7/c1-25-18(22-17(24-25)12-6-8-19-9-7-12)21-15-5-4-14-13(10-20-23-14)16(15)11-2-3-11/h4-11H,2-3H2,1H3,(H,20,23)(H,21,22,24). The third-order valence-electron chi connectivity index (χ3n) is 4.60. The molecule has 0 atom stereocenters. The molecule has 0 saturated heterocycles. The molecule has 3 heterocycles. The highest BCUT2D eigenvalue weighted by atomic mass is 15.4. The maximum atomic E-state index is 4.65. The van der Waals surface area contributed by atoms with E-state index in [1.54, 1.807) is 17.1 Å². The van der Waals surface area contributed by atoms with Crippen LogP contribution in [0.2, 0.25) is 0 Å². The van der Waals surface area contributed by atoms with Crippen LogP contribution in [0.1, 0.15) is 24.3 Å². The van der Waals surface area contributed by atoms with E-state index >= 15 is 0 Å². The fourth-order valence-electron chi connectivity index (χ4n) is 3.20. The number of H-pyrrole nitrogens is 1. The molecule has 4 aromatic rings. The first-order valence-electron chi connectivity index (χ1n) is 8.34. The number of nitrogens with one attached hydrogen (secondary N) is 2. The highest BCUT2D eigenvalue weighted by molar-refractivity contribution is 5.89. The van der Waals surface area contributed by atoms with Gasteiger partial charge in [0, 0.05) is 36.1 Å². The molecule has 0 unspecified atom stereocenters. The van der Waals surface area contributed by atoms with Gasteiger partial charge in [-0.1, -0.05) is 0 Å². The molecule has 1 saturated carbocycles. The van der Waals surface area contributed by atoms with Crippen molar-refractivity contribution in [3.05, 3.63) is 48.4 Å². The predicted molar refractivity (Wildman–Crippen MR) is 95.6 cm³/mol. The van der Waals surface area contributed by atoms with E-state index in [4.69, 9.17) is 0 Å². The molecule has 25 heavy (non-hydrogen) atoms. The number of benzene rings is 1. The molecule has 0 amide bonds. The van der Waals surface area contributed by atoms with Crippen molar-refractivity contribution in [1.82, 2.24) is 29.9 Å². The van der Waals surface area contributed by atoms with Crippen molar-refractivity contribution in [3.8, 4) is 11.4 Å². The van der Waals surface area contributed by atoms with Crippen molar-refractivity contribution in [2.24, 2.45) is 7.05 Å². The van der Waals surface area contributed by atoms with E-state index in [2.05, 4.69) is 42.7 Å². The molecule has 1 aliphatic rings. The maximum Gasteiger partial charge on any atom is 0.225 e. The van der Waals surface area contributed by atoms with Crippen LogP contribution in [0.3, 0.4) is 0 Å². The first kappa shape index (κ1) is 14.2. The number of rotatable bonds is 4. The minimum Gasteiger partial charge on any atom is -0.324 e. The Hall–Kier alpha value is -3.22. The topological polar surface area (TPSA) is 84.3 Å². The molecule has 0 spiro atoms. The molecule has 7 heteroatoms. The van der Waals surface area contributed by atoms with Gasteiger partial charge >= 0.3 is 0 Å². The van der Waals surface area contributed by atoms with Gasteiger partial charge in [-0.3, -0.25) is 10.1 Å². The van der Waals surface area contributed by atoms with E-state index < -0.39 is 0 Å². The van der Waals surface area contributed by atoms with Gasteiger partial charge in [-0.15, -0.1) is 5.10 Å². The summed E-state index contributed by atoms with van der Waals surface area (Å²) < 4.78 is 1.77. The Morgan fingerprint density at radius 3 is 2.80 bits per heavy atom. The van der Waals surface area contributed by atoms with Crippen molar-refractivity contribution in [2.45, 2.75) is 18.8 Å². The summed E-state index contributed by atoms with van der Waals surface area (Å²) in [5.41, 5.74) is 4.42. The van der Waals surface area contributed by atoms with Gasteiger partial charge in [0.1, 0.15) is 0 Å². The number of aryl methyl sites for hydroxylation is 1. The summed E-state index contributed by atoms with van der Waals surface area (Å²) in [7, 11) is 1.90. The van der Waals surface area contributed by atoms with E-state index in [-0.39, 0.29) is 0 Å². The van der Waals surface area contributed by atoms with Crippen molar-refractivity contribution in [1.29, 1.82) is 0 Å². The summed E-state index contributed by atoms with van der Waals surface area (Å²) in [4.78, 5) is 8.70. The Kier molecular flexibility index (Phi) is 3.06. The monoisotopic (exact) mass is 331 g/mol. The lowest BCUT2D eigenvalue weighted by molar-refractivity contribution is 0.778. The molecule has 7 nitrogen and oxygen atoms in total. The number of pyridine rings is 1. The molecule has 5 rings (SSSR count). The minimum absolute atomic E-state index is 0.594. The van der Waals surface area contributed by atoms with Gasteiger partial charge in [-0.2, -0.15) is 10.1 Å². The van der Waals surface area contributed by atoms with Crippen molar-refractivity contribution in [3.63, 3.8) is 0 Å². The zero-order valence-corrected chi connectivity index (χ0v) is 13.8. The molecule has 124 valence electrons. The summed E-state index contributed by atoms with van der Waals surface area (Å²) in [6.07, 6.45) is 7.85. The zero-order chi connectivity index (χ0) is 16.8. The lowest BCUT2D eigenvalue weighted by Gasteiger charge is -2.11. The SMILES string of the molecule is Cn1nc(-c2ccncc2)nc1Nc1ccc2[nH]ncc2c1C1CC1. The average Bonchev–Trinajstić information content (AvgIpc) is 3.24. The van der Waals surface area contributed by atoms with E-state index in [1.165, 1.54) is 23.8 Å². The maximum absolute atomic E-state index is 4.65. The van der Waals surface area contributed by atoms with Gasteiger partial charge in [-0.25, -0.2) is 4.68 Å². The molecular weight excluding hydrogens is 314 g/mol. The Labute approximate surface area is 144 Å². The van der Waals surface area contributed by atoms with Crippen LogP contribution < -0.4 is 5.32 Å². The van der Waals surface area contributed by atoms with Crippen LogP contribution in [0.5, 0.6) is 0 Å². The second-order valence-electron chi connectivity index (χ2n) is 6.38. The quantitative estimate of drug-likeness (QED) is 0.599. The Bertz CT molecular complexity index is 1040. The number of fused-ring (bicyclic) bond motifs is 1. The van der Waals surface area contributed by atoms with Crippen LogP contribution in [0.4, 0.5) is 11.6 Å². The molecule has 1 aromatic carbocycles. The van der Waals surface area contributed by atoms with E-state index in [0.29, 0.717) is 11.7 Å². The predicted octanol–water partition coefficient (Wildman–Crippen LogP) is 3.37. The highest BCUT2D eigenvalue weighted by Crippen LogP contribution is 2.46. The number of nitrogens with zero attached hydrogens (tertiary/aromatic N) is 5. The van der Waals surface area contributed by atoms with Gasteiger partial charge in [0.05, 0.1) is 11.7 Å². The first-order chi connectivity index (χ1) is 12.3. The number of anilines is 2. The zero-order valence-electron chi connectivity index (χ0n) is 13.8. The Morgan fingerprint density at radius 2 is 2.00 bits per heavy atom. The molecule has 0 aliphatic heterocycles. The Morgan fingerprint density at radius 1 is 1.16 bits per heavy atom. The van der Waals surface area contributed by atoms with Gasteiger partial charge in [0.25, 0.3) is 0 Å². The largest absolute Gasteiger partial charge is 0.324 e. The van der Waals surface area contributed by atoms with Gasteiger partial charge in [-0.05, 0) is 48.6 Å². The molecule has 0 bridgehead atoms. The van der Waals surface area contributed by atoms with E-state index in [0.717, 1.165) is 22.7 Å². The number of aromatic amines is 1. The van der Waals surface area contributed by atoms with Crippen molar-refractivity contribution < 1.29 is 0 Å². The Balaban J connectivity index is 1.55. The first-order valence-corrected chi connectivity index (χ1v) is 8.34. The third kappa shape index (κ3) is 2.44. The van der Waals surface area contributed by atoms with Crippen LogP contribution >= 0.6 is 0 Å². The molecule has 1 aliphatic carbocycles. The summed E-state index contributed by atoms with van der Waals surface area (Å²) in [6.45, 7) is 0. The highest BCUT2D eigenvalue weighted by Gasteiger charge is 2.29. The molecule has 3 aromatic heterocycles. The second kappa shape index (κ2) is 5.41. The summed E-state index contributed by atoms with van der Waals surface area (Å²) in [5, 5.41) is 16.4. The molecular formula is C18H17N7. The minimum atomic E-state index is 0.594. The van der Waals surface area contributed by atoms with Gasteiger partial charge in [0.2, 0.25) is 5.95 Å². The smallest absolute Gasteiger partial charge is 0.225 e. The fraction of sp³-hybridized carbons (Fsp3) is 0.222. The lowest BCUT2D eigenvalue weighted by Crippen LogP contribution is -2.02. The van der Waals surface area contributed by atoms with Crippen molar-refractivity contribution >= 4 is 22.5 Å². The van der Waals surface area contributed by atoms with Crippen LogP contribution in [-0.2, 0) is 7.05 Å². The van der Waals surface area contributed by atoms with Gasteiger partial charge < -0.3 is 5.32 Å². The normalized spacial score (nSPS) is 14.1. The number of aromatic nitrogens is 6.